The SMILES string of the molecule is CCC[C@@H](C)NC(=O)N(C)Cc1ccc(C(=O)NC)cc1. The first-order chi connectivity index (χ1) is 9.97. The van der Waals surface area contributed by atoms with E-state index >= 15 is 0 Å². The molecule has 0 spiro atoms. The van der Waals surface area contributed by atoms with Gasteiger partial charge in [-0.2, -0.15) is 0 Å². The average Bonchev–Trinajstić information content (AvgIpc) is 2.47. The minimum atomic E-state index is -0.110. The van der Waals surface area contributed by atoms with Gasteiger partial charge in [0, 0.05) is 32.2 Å². The maximum atomic E-state index is 12.0. The van der Waals surface area contributed by atoms with E-state index in [0.29, 0.717) is 12.1 Å². The molecule has 3 amide bonds. The summed E-state index contributed by atoms with van der Waals surface area (Å²) in [7, 11) is 3.37. The molecule has 0 aliphatic carbocycles. The minimum Gasteiger partial charge on any atom is -0.355 e. The van der Waals surface area contributed by atoms with Gasteiger partial charge in [-0.05, 0) is 31.0 Å². The molecule has 0 unspecified atom stereocenters. The summed E-state index contributed by atoms with van der Waals surface area (Å²) in [5.74, 6) is -0.110. The lowest BCUT2D eigenvalue weighted by Gasteiger charge is -2.21. The second kappa shape index (κ2) is 8.29. The van der Waals surface area contributed by atoms with Crippen molar-refractivity contribution in [3.8, 4) is 0 Å². The van der Waals surface area contributed by atoms with Gasteiger partial charge in [-0.3, -0.25) is 4.79 Å². The van der Waals surface area contributed by atoms with Crippen LogP contribution in [0.15, 0.2) is 24.3 Å². The number of carbonyl (C=O) groups excluding carboxylic acids is 2. The molecule has 0 bridgehead atoms. The van der Waals surface area contributed by atoms with Gasteiger partial charge in [0.25, 0.3) is 5.91 Å². The second-order valence-corrected chi connectivity index (χ2v) is 5.27. The summed E-state index contributed by atoms with van der Waals surface area (Å²) in [5, 5.41) is 5.54. The highest BCUT2D eigenvalue weighted by Crippen LogP contribution is 2.07. The first-order valence-electron chi connectivity index (χ1n) is 7.30. The summed E-state index contributed by atoms with van der Waals surface area (Å²) in [4.78, 5) is 25.1. The summed E-state index contributed by atoms with van der Waals surface area (Å²) in [6, 6.07) is 7.36. The zero-order valence-corrected chi connectivity index (χ0v) is 13.3. The summed E-state index contributed by atoms with van der Waals surface area (Å²) in [6.07, 6.45) is 2.02. The number of rotatable bonds is 6. The molecule has 1 aromatic rings. The van der Waals surface area contributed by atoms with Crippen LogP contribution in [0.1, 0.15) is 42.6 Å². The molecular weight excluding hydrogens is 266 g/mol. The van der Waals surface area contributed by atoms with Crippen LogP contribution in [-0.2, 0) is 6.54 Å². The quantitative estimate of drug-likeness (QED) is 0.845. The van der Waals surface area contributed by atoms with Crippen molar-refractivity contribution in [2.24, 2.45) is 0 Å². The lowest BCUT2D eigenvalue weighted by molar-refractivity contribution is 0.0963. The summed E-state index contributed by atoms with van der Waals surface area (Å²) in [6.45, 7) is 4.62. The topological polar surface area (TPSA) is 61.4 Å². The van der Waals surface area contributed by atoms with E-state index in [0.717, 1.165) is 18.4 Å². The number of nitrogens with zero attached hydrogens (tertiary/aromatic N) is 1. The molecule has 116 valence electrons. The molecule has 0 saturated heterocycles. The maximum Gasteiger partial charge on any atom is 0.317 e. The van der Waals surface area contributed by atoms with Crippen LogP contribution >= 0.6 is 0 Å². The van der Waals surface area contributed by atoms with E-state index in [1.165, 1.54) is 0 Å². The van der Waals surface area contributed by atoms with Crippen molar-refractivity contribution in [2.75, 3.05) is 14.1 Å². The van der Waals surface area contributed by atoms with Gasteiger partial charge >= 0.3 is 6.03 Å². The largest absolute Gasteiger partial charge is 0.355 e. The van der Waals surface area contributed by atoms with Crippen LogP contribution in [0.4, 0.5) is 4.79 Å². The van der Waals surface area contributed by atoms with Gasteiger partial charge in [-0.1, -0.05) is 25.5 Å². The third-order valence-electron chi connectivity index (χ3n) is 3.30. The second-order valence-electron chi connectivity index (χ2n) is 5.27. The number of carbonyl (C=O) groups is 2. The fourth-order valence-corrected chi connectivity index (χ4v) is 2.08. The summed E-state index contributed by atoms with van der Waals surface area (Å²) >= 11 is 0. The zero-order valence-electron chi connectivity index (χ0n) is 13.3. The molecule has 0 fully saturated rings. The number of nitrogens with one attached hydrogen (secondary N) is 2. The smallest absolute Gasteiger partial charge is 0.317 e. The van der Waals surface area contributed by atoms with E-state index in [4.69, 9.17) is 0 Å². The van der Waals surface area contributed by atoms with Gasteiger partial charge in [-0.15, -0.1) is 0 Å². The number of amides is 3. The van der Waals surface area contributed by atoms with E-state index in [2.05, 4.69) is 17.6 Å². The molecule has 0 aliphatic heterocycles. The molecule has 0 heterocycles. The van der Waals surface area contributed by atoms with Gasteiger partial charge in [0.15, 0.2) is 0 Å². The molecule has 21 heavy (non-hydrogen) atoms. The highest BCUT2D eigenvalue weighted by Gasteiger charge is 2.12. The highest BCUT2D eigenvalue weighted by atomic mass is 16.2. The Hall–Kier alpha value is -2.04. The van der Waals surface area contributed by atoms with Gasteiger partial charge in [0.2, 0.25) is 0 Å². The Morgan fingerprint density at radius 1 is 1.24 bits per heavy atom. The predicted molar refractivity (Wildman–Crippen MR) is 84.2 cm³/mol. The van der Waals surface area contributed by atoms with E-state index in [1.54, 1.807) is 31.1 Å². The predicted octanol–water partition coefficient (Wildman–Crippen LogP) is 2.38. The highest BCUT2D eigenvalue weighted by molar-refractivity contribution is 5.93. The minimum absolute atomic E-state index is 0.0775. The molecule has 0 aliphatic rings. The van der Waals surface area contributed by atoms with Crippen molar-refractivity contribution in [3.63, 3.8) is 0 Å². The Morgan fingerprint density at radius 2 is 1.86 bits per heavy atom. The van der Waals surface area contributed by atoms with E-state index in [1.807, 2.05) is 19.1 Å². The molecule has 2 N–H and O–H groups in total. The third kappa shape index (κ3) is 5.45. The molecule has 1 aromatic carbocycles. The number of benzene rings is 1. The fourth-order valence-electron chi connectivity index (χ4n) is 2.08. The van der Waals surface area contributed by atoms with E-state index in [9.17, 15) is 9.59 Å². The van der Waals surface area contributed by atoms with Crippen LogP contribution in [-0.4, -0.2) is 37.0 Å². The van der Waals surface area contributed by atoms with Crippen LogP contribution in [0.5, 0.6) is 0 Å². The normalized spacial score (nSPS) is 11.6. The number of urea groups is 1. The lowest BCUT2D eigenvalue weighted by atomic mass is 10.1. The average molecular weight is 291 g/mol. The molecule has 0 saturated carbocycles. The van der Waals surface area contributed by atoms with Crippen molar-refractivity contribution in [1.29, 1.82) is 0 Å². The molecule has 1 atom stereocenters. The molecule has 5 heteroatoms. The van der Waals surface area contributed by atoms with Crippen LogP contribution in [0, 0.1) is 0 Å². The zero-order chi connectivity index (χ0) is 15.8. The summed E-state index contributed by atoms with van der Waals surface area (Å²) in [5.41, 5.74) is 1.60. The van der Waals surface area contributed by atoms with Gasteiger partial charge in [0.05, 0.1) is 0 Å². The third-order valence-corrected chi connectivity index (χ3v) is 3.30. The number of hydrogen-bond acceptors (Lipinski definition) is 2. The molecule has 1 rings (SSSR count). The Bertz CT molecular complexity index is 471. The van der Waals surface area contributed by atoms with E-state index < -0.39 is 0 Å². The van der Waals surface area contributed by atoms with Crippen molar-refractivity contribution >= 4 is 11.9 Å². The van der Waals surface area contributed by atoms with Crippen LogP contribution in [0.2, 0.25) is 0 Å². The Morgan fingerprint density at radius 3 is 2.38 bits per heavy atom. The maximum absolute atomic E-state index is 12.0. The standard InChI is InChI=1S/C16H25N3O2/c1-5-6-12(2)18-16(21)19(4)11-13-7-9-14(10-8-13)15(20)17-3/h7-10,12H,5-6,11H2,1-4H3,(H,17,20)(H,18,21)/t12-/m1/s1. The molecular formula is C16H25N3O2. The number of hydrogen-bond donors (Lipinski definition) is 2. The van der Waals surface area contributed by atoms with Crippen LogP contribution in [0.25, 0.3) is 0 Å². The fraction of sp³-hybridized carbons (Fsp3) is 0.500. The van der Waals surface area contributed by atoms with Crippen molar-refractivity contribution in [1.82, 2.24) is 15.5 Å². The molecule has 0 aromatic heterocycles. The molecule has 0 radical (unpaired) electrons. The Balaban J connectivity index is 2.56. The first-order valence-corrected chi connectivity index (χ1v) is 7.30. The Kier molecular flexibility index (Phi) is 6.72. The summed E-state index contributed by atoms with van der Waals surface area (Å²) < 4.78 is 0. The van der Waals surface area contributed by atoms with Gasteiger partial charge in [0.1, 0.15) is 0 Å². The first kappa shape index (κ1) is 17.0. The monoisotopic (exact) mass is 291 g/mol. The van der Waals surface area contributed by atoms with Crippen LogP contribution in [0.3, 0.4) is 0 Å². The van der Waals surface area contributed by atoms with Crippen molar-refractivity contribution < 1.29 is 9.59 Å². The van der Waals surface area contributed by atoms with Crippen LogP contribution < -0.4 is 10.6 Å². The lowest BCUT2D eigenvalue weighted by Crippen LogP contribution is -2.41. The van der Waals surface area contributed by atoms with Gasteiger partial charge < -0.3 is 15.5 Å². The molecule has 5 nitrogen and oxygen atoms in total. The van der Waals surface area contributed by atoms with Crippen molar-refractivity contribution in [2.45, 2.75) is 39.3 Å². The van der Waals surface area contributed by atoms with E-state index in [-0.39, 0.29) is 18.0 Å². The van der Waals surface area contributed by atoms with Gasteiger partial charge in [-0.25, -0.2) is 4.79 Å². The van der Waals surface area contributed by atoms with Crippen molar-refractivity contribution in [3.05, 3.63) is 35.4 Å². The Labute approximate surface area is 126 Å².